The number of carbonyl (C=O) groups is 1. The van der Waals surface area contributed by atoms with Gasteiger partial charge in [-0.15, -0.1) is 0 Å². The fraction of sp³-hybridized carbons (Fsp3) is 0.909. The lowest BCUT2D eigenvalue weighted by Crippen LogP contribution is -2.41. The Hall–Kier alpha value is -0.570. The Morgan fingerprint density at radius 1 is 1.50 bits per heavy atom. The van der Waals surface area contributed by atoms with E-state index in [1.165, 1.54) is 0 Å². The topological polar surface area (TPSA) is 32.3 Å². The van der Waals surface area contributed by atoms with Gasteiger partial charge in [-0.3, -0.25) is 4.79 Å². The Morgan fingerprint density at radius 2 is 2.29 bits per heavy atom. The maximum atomic E-state index is 11.8. The number of rotatable bonds is 5. The predicted molar refractivity (Wildman–Crippen MR) is 58.2 cm³/mol. The van der Waals surface area contributed by atoms with Crippen molar-refractivity contribution < 1.29 is 4.79 Å². The Labute approximate surface area is 86.9 Å². The molecule has 0 radical (unpaired) electrons. The molecular formula is C11H22N2O. The third-order valence-electron chi connectivity index (χ3n) is 2.88. The minimum Gasteiger partial charge on any atom is -0.339 e. The van der Waals surface area contributed by atoms with E-state index in [4.69, 9.17) is 0 Å². The van der Waals surface area contributed by atoms with Gasteiger partial charge < -0.3 is 10.2 Å². The van der Waals surface area contributed by atoms with Gasteiger partial charge in [0.05, 0.1) is 0 Å². The normalized spacial score (nSPS) is 21.1. The second-order valence-electron chi connectivity index (χ2n) is 3.93. The van der Waals surface area contributed by atoms with E-state index in [0.29, 0.717) is 11.9 Å². The van der Waals surface area contributed by atoms with Crippen LogP contribution in [0.15, 0.2) is 0 Å². The van der Waals surface area contributed by atoms with Gasteiger partial charge in [0, 0.05) is 25.6 Å². The zero-order valence-corrected chi connectivity index (χ0v) is 9.38. The molecule has 0 aromatic rings. The number of hydrogen-bond donors (Lipinski definition) is 1. The van der Waals surface area contributed by atoms with Gasteiger partial charge in [-0.2, -0.15) is 0 Å². The average molecular weight is 198 g/mol. The first-order valence-corrected chi connectivity index (χ1v) is 5.79. The summed E-state index contributed by atoms with van der Waals surface area (Å²) in [6.07, 6.45) is 3.97. The molecule has 1 aliphatic rings. The Morgan fingerprint density at radius 3 is 2.79 bits per heavy atom. The summed E-state index contributed by atoms with van der Waals surface area (Å²) in [4.78, 5) is 13.9. The summed E-state index contributed by atoms with van der Waals surface area (Å²) in [6, 6.07) is 0.448. The summed E-state index contributed by atoms with van der Waals surface area (Å²) >= 11 is 0. The van der Waals surface area contributed by atoms with Crippen LogP contribution < -0.4 is 5.32 Å². The molecule has 3 heteroatoms. The van der Waals surface area contributed by atoms with Gasteiger partial charge in [0.25, 0.3) is 0 Å². The number of nitrogens with one attached hydrogen (secondary N) is 1. The van der Waals surface area contributed by atoms with E-state index in [1.807, 2.05) is 4.90 Å². The molecule has 0 aliphatic carbocycles. The summed E-state index contributed by atoms with van der Waals surface area (Å²) < 4.78 is 0. The van der Waals surface area contributed by atoms with Crippen molar-refractivity contribution in [3.05, 3.63) is 0 Å². The number of hydrogen-bond acceptors (Lipinski definition) is 2. The molecule has 1 fully saturated rings. The van der Waals surface area contributed by atoms with Gasteiger partial charge in [0.15, 0.2) is 0 Å². The fourth-order valence-electron chi connectivity index (χ4n) is 2.02. The Kier molecular flexibility index (Phi) is 4.94. The monoisotopic (exact) mass is 198 g/mol. The van der Waals surface area contributed by atoms with E-state index in [0.717, 1.165) is 45.3 Å². The lowest BCUT2D eigenvalue weighted by Gasteiger charge is -2.27. The number of amides is 1. The van der Waals surface area contributed by atoms with Crippen LogP contribution in [0.2, 0.25) is 0 Å². The number of unbranched alkanes of at least 4 members (excludes halogenated alkanes) is 1. The van der Waals surface area contributed by atoms with Crippen LogP contribution >= 0.6 is 0 Å². The molecule has 1 aliphatic heterocycles. The first kappa shape index (κ1) is 11.5. The van der Waals surface area contributed by atoms with Crippen molar-refractivity contribution >= 4 is 5.91 Å². The van der Waals surface area contributed by atoms with Crippen LogP contribution in [-0.4, -0.2) is 36.5 Å². The SMILES string of the molecule is CCCCC(=O)N(CC)C1CCNC1. The molecule has 1 saturated heterocycles. The third kappa shape index (κ3) is 2.98. The van der Waals surface area contributed by atoms with Crippen molar-refractivity contribution in [2.75, 3.05) is 19.6 Å². The molecule has 14 heavy (non-hydrogen) atoms. The van der Waals surface area contributed by atoms with E-state index in [9.17, 15) is 4.79 Å². The summed E-state index contributed by atoms with van der Waals surface area (Å²) in [6.45, 7) is 7.09. The van der Waals surface area contributed by atoms with E-state index < -0.39 is 0 Å². The molecule has 1 amide bonds. The molecule has 1 N–H and O–H groups in total. The molecule has 0 spiro atoms. The zero-order chi connectivity index (χ0) is 10.4. The van der Waals surface area contributed by atoms with Crippen molar-refractivity contribution in [1.82, 2.24) is 10.2 Å². The molecule has 82 valence electrons. The van der Waals surface area contributed by atoms with E-state index in [1.54, 1.807) is 0 Å². The number of nitrogens with zero attached hydrogens (tertiary/aromatic N) is 1. The maximum absolute atomic E-state index is 11.8. The first-order chi connectivity index (χ1) is 6.79. The molecule has 0 bridgehead atoms. The second kappa shape index (κ2) is 6.02. The lowest BCUT2D eigenvalue weighted by atomic mass is 10.1. The average Bonchev–Trinajstić information content (AvgIpc) is 2.69. The van der Waals surface area contributed by atoms with Crippen LogP contribution in [0, 0.1) is 0 Å². The van der Waals surface area contributed by atoms with Crippen molar-refractivity contribution in [3.8, 4) is 0 Å². The molecule has 0 aromatic heterocycles. The van der Waals surface area contributed by atoms with Crippen molar-refractivity contribution in [2.45, 2.75) is 45.6 Å². The lowest BCUT2D eigenvalue weighted by molar-refractivity contribution is -0.133. The van der Waals surface area contributed by atoms with Crippen LogP contribution in [-0.2, 0) is 4.79 Å². The predicted octanol–water partition coefficient (Wildman–Crippen LogP) is 1.39. The molecule has 1 heterocycles. The summed E-state index contributed by atoms with van der Waals surface area (Å²) in [5.41, 5.74) is 0. The molecule has 1 atom stereocenters. The molecular weight excluding hydrogens is 176 g/mol. The van der Waals surface area contributed by atoms with Crippen molar-refractivity contribution in [2.24, 2.45) is 0 Å². The van der Waals surface area contributed by atoms with E-state index >= 15 is 0 Å². The summed E-state index contributed by atoms with van der Waals surface area (Å²) in [5.74, 6) is 0.336. The highest BCUT2D eigenvalue weighted by Crippen LogP contribution is 2.11. The van der Waals surface area contributed by atoms with Gasteiger partial charge in [-0.05, 0) is 26.3 Å². The Bertz CT molecular complexity index is 176. The first-order valence-electron chi connectivity index (χ1n) is 5.79. The van der Waals surface area contributed by atoms with Gasteiger partial charge in [-0.25, -0.2) is 0 Å². The van der Waals surface area contributed by atoms with Gasteiger partial charge in [-0.1, -0.05) is 13.3 Å². The minimum atomic E-state index is 0.336. The molecule has 3 nitrogen and oxygen atoms in total. The highest BCUT2D eigenvalue weighted by atomic mass is 16.2. The third-order valence-corrected chi connectivity index (χ3v) is 2.88. The standard InChI is InChI=1S/C11H22N2O/c1-3-5-6-11(14)13(4-2)10-7-8-12-9-10/h10,12H,3-9H2,1-2H3. The van der Waals surface area contributed by atoms with Crippen LogP contribution in [0.5, 0.6) is 0 Å². The van der Waals surface area contributed by atoms with Crippen molar-refractivity contribution in [3.63, 3.8) is 0 Å². The largest absolute Gasteiger partial charge is 0.339 e. The highest BCUT2D eigenvalue weighted by Gasteiger charge is 2.24. The number of carbonyl (C=O) groups excluding carboxylic acids is 1. The van der Waals surface area contributed by atoms with Crippen LogP contribution in [0.4, 0.5) is 0 Å². The number of likely N-dealkylation sites (N-methyl/N-ethyl adjacent to an activating group) is 1. The van der Waals surface area contributed by atoms with E-state index in [2.05, 4.69) is 19.2 Å². The quantitative estimate of drug-likeness (QED) is 0.724. The molecule has 0 aromatic carbocycles. The van der Waals surface area contributed by atoms with Crippen molar-refractivity contribution in [1.29, 1.82) is 0 Å². The van der Waals surface area contributed by atoms with Gasteiger partial charge >= 0.3 is 0 Å². The summed E-state index contributed by atoms with van der Waals surface area (Å²) in [5, 5.41) is 3.30. The minimum absolute atomic E-state index is 0.336. The zero-order valence-electron chi connectivity index (χ0n) is 9.38. The van der Waals surface area contributed by atoms with Crippen LogP contribution in [0.1, 0.15) is 39.5 Å². The van der Waals surface area contributed by atoms with Gasteiger partial charge in [0.1, 0.15) is 0 Å². The fourth-order valence-corrected chi connectivity index (χ4v) is 2.02. The van der Waals surface area contributed by atoms with Crippen LogP contribution in [0.3, 0.4) is 0 Å². The van der Waals surface area contributed by atoms with E-state index in [-0.39, 0.29) is 0 Å². The highest BCUT2D eigenvalue weighted by molar-refractivity contribution is 5.76. The smallest absolute Gasteiger partial charge is 0.222 e. The molecule has 1 rings (SSSR count). The summed E-state index contributed by atoms with van der Waals surface area (Å²) in [7, 11) is 0. The second-order valence-corrected chi connectivity index (χ2v) is 3.93. The molecule has 1 unspecified atom stereocenters. The van der Waals surface area contributed by atoms with Gasteiger partial charge in [0.2, 0.25) is 5.91 Å². The Balaban J connectivity index is 2.39. The molecule has 0 saturated carbocycles. The van der Waals surface area contributed by atoms with Crippen LogP contribution in [0.25, 0.3) is 0 Å². The maximum Gasteiger partial charge on any atom is 0.222 e.